The van der Waals surface area contributed by atoms with Gasteiger partial charge in [0, 0.05) is 204 Å². The summed E-state index contributed by atoms with van der Waals surface area (Å²) in [5, 5.41) is 42.7. The van der Waals surface area contributed by atoms with Gasteiger partial charge in [0.05, 0.1) is 19.3 Å². The Labute approximate surface area is 774 Å². The maximum absolute atomic E-state index is 12.0. The average molecular weight is 1800 g/mol. The van der Waals surface area contributed by atoms with E-state index in [4.69, 9.17) is 15.5 Å². The first-order valence-corrected chi connectivity index (χ1v) is 44.6. The van der Waals surface area contributed by atoms with Gasteiger partial charge in [0.15, 0.2) is 0 Å². The summed E-state index contributed by atoms with van der Waals surface area (Å²) in [6.45, 7) is 2.20. The number of carbonyl (C=O) groups is 11. The number of hydrogen-bond donors (Lipinski definition) is 8. The highest BCUT2D eigenvalue weighted by molar-refractivity contribution is 5.98. The number of carbonyl (C=O) groups excluding carboxylic acids is 11. The molecule has 25 nitrogen and oxygen atoms in total. The number of aliphatic hydroxyl groups excluding tert-OH is 2. The molecule has 0 heterocycles. The van der Waals surface area contributed by atoms with E-state index < -0.39 is 13.3 Å². The SMILES string of the molecule is CC(CO)NC(=O)c1cccc(/C=C\CCCC#N)c1.CC(CO)NC(=O)c1cccc(/C=C\CCCC(=O)N(C)C)c1.CN(C)C(=O)CCC/C=C\c1cccc(C(=O)NC2CC2)c1.CN(C)C(=O)CCC/C=C\c1cccc(C(=O)NCCF)c1.CN(C)C(=O)CCCC#Cc1cccc(C(=O)NC2CC2)c1.CN(C)C(=O)CCCC#Cc1cccc(C(=O)NCCF)c1. The van der Waals surface area contributed by atoms with Gasteiger partial charge < -0.3 is 66.6 Å². The molecule has 2 unspecified atom stereocenters. The first-order chi connectivity index (χ1) is 62.8. The molecule has 2 aliphatic rings. The topological polar surface area (TPSA) is 340 Å². The number of alkyl halides is 2. The van der Waals surface area contributed by atoms with E-state index in [1.54, 1.807) is 176 Å². The monoisotopic (exact) mass is 1800 g/mol. The zero-order chi connectivity index (χ0) is 96.7. The van der Waals surface area contributed by atoms with Crippen LogP contribution in [0.1, 0.15) is 251 Å². The van der Waals surface area contributed by atoms with Gasteiger partial charge in [0.25, 0.3) is 35.4 Å². The number of halogens is 2. The van der Waals surface area contributed by atoms with Crippen LogP contribution in [-0.4, -0.2) is 234 Å². The maximum atomic E-state index is 12.0. The number of benzene rings is 6. The first kappa shape index (κ1) is 112. The van der Waals surface area contributed by atoms with Crippen molar-refractivity contribution in [2.45, 2.75) is 179 Å². The van der Waals surface area contributed by atoms with Crippen LogP contribution in [0.3, 0.4) is 0 Å². The van der Waals surface area contributed by atoms with E-state index in [-0.39, 0.29) is 103 Å². The number of amides is 11. The highest BCUT2D eigenvalue weighted by atomic mass is 19.1. The van der Waals surface area contributed by atoms with Crippen LogP contribution in [0.25, 0.3) is 24.3 Å². The summed E-state index contributed by atoms with van der Waals surface area (Å²) in [6, 6.07) is 45.9. The van der Waals surface area contributed by atoms with Crippen LogP contribution in [0.4, 0.5) is 8.78 Å². The molecule has 0 radical (unpaired) electrons. The molecule has 0 aliphatic heterocycles. The van der Waals surface area contributed by atoms with Gasteiger partial charge in [-0.25, -0.2) is 8.78 Å². The Morgan fingerprint density at radius 1 is 0.374 bits per heavy atom. The Hall–Kier alpha value is -13.2. The van der Waals surface area contributed by atoms with Crippen molar-refractivity contribution in [3.8, 4) is 29.8 Å². The van der Waals surface area contributed by atoms with E-state index in [0.717, 1.165) is 117 Å². The molecule has 0 aromatic heterocycles. The molecular weight excluding hydrogens is 1660 g/mol. The molecule has 8 N–H and O–H groups in total. The summed E-state index contributed by atoms with van der Waals surface area (Å²) in [7, 11) is 17.5. The Bertz CT molecular complexity index is 4880. The van der Waals surface area contributed by atoms with Crippen LogP contribution in [0.2, 0.25) is 0 Å². The number of hydrogen-bond acceptors (Lipinski definition) is 14. The molecule has 2 saturated carbocycles. The van der Waals surface area contributed by atoms with E-state index in [0.29, 0.717) is 103 Å². The third-order valence-electron chi connectivity index (χ3n) is 19.3. The zero-order valence-corrected chi connectivity index (χ0v) is 78.4. The fraction of sp³-hybridized carbons (Fsp3) is 0.423. The van der Waals surface area contributed by atoms with E-state index >= 15 is 0 Å². The van der Waals surface area contributed by atoms with Crippen LogP contribution in [-0.2, 0) is 24.0 Å². The van der Waals surface area contributed by atoms with Crippen molar-refractivity contribution in [1.82, 2.24) is 56.4 Å². The van der Waals surface area contributed by atoms with Crippen LogP contribution in [0.5, 0.6) is 0 Å². The molecule has 2 atom stereocenters. The van der Waals surface area contributed by atoms with Crippen molar-refractivity contribution in [2.75, 3.05) is 110 Å². The second-order valence-electron chi connectivity index (χ2n) is 32.3. The predicted octanol–water partition coefficient (Wildman–Crippen LogP) is 14.3. The van der Waals surface area contributed by atoms with Gasteiger partial charge in [-0.15, -0.1) is 0 Å². The molecule has 2 aliphatic carbocycles. The smallest absolute Gasteiger partial charge is 0.251 e. The summed E-state index contributed by atoms with van der Waals surface area (Å²) in [6.07, 6.45) is 32.8. The standard InChI is InChI=1S/C18H26N2O3.C18H24N2O2.C18H22N2O2.C17H23FN2O2.C17H21FN2O2.C16H20N2O2/c1-14(13-21)19-18(23)16-10-7-9-15(12-16)8-5-4-6-11-17(22)20(2)3;2*1-20(2)17(21)10-5-3-4-7-14-8-6-9-15(13-14)18(22)19-16-11-12-16;2*1-20(2)16(21)10-5-3-4-7-14-8-6-9-15(13-14)17(22)19-12-11-18;1-13(12-19)18-16(20)15-9-6-8-14(11-15)7-4-2-3-5-10-17/h5,7-10,12,14,21H,4,6,11,13H2,1-3H3,(H,19,23);4,6-9,13,16H,3,5,10-12H2,1-2H3,(H,19,22);6,8-9,13,16H,3,5,10-12H2,1-2H3,(H,19,22);4,6-9,13H,3,5,10-12H2,1-2H3,(H,19,22);6,8-9,13H,3,5,10-12H2,1-2H3,(H,19,22);4,6-9,11,13,19H,2-3,5,12H2,1H3,(H,18,20)/b8-5-;7-4-;;7-4-;;7-4-. The summed E-state index contributed by atoms with van der Waals surface area (Å²) < 4.78 is 24.1. The number of unbranched alkanes of at least 4 members (excludes halogenated alkanes) is 7. The Morgan fingerprint density at radius 2 is 0.641 bits per heavy atom. The number of nitrogens with zero attached hydrogens (tertiary/aromatic N) is 6. The summed E-state index contributed by atoms with van der Waals surface area (Å²) in [5.74, 6) is 11.7. The molecule has 27 heteroatoms. The fourth-order valence-corrected chi connectivity index (χ4v) is 11.2. The summed E-state index contributed by atoms with van der Waals surface area (Å²) >= 11 is 0. The van der Waals surface area contributed by atoms with E-state index in [1.165, 1.54) is 0 Å². The van der Waals surface area contributed by atoms with Crippen LogP contribution >= 0.6 is 0 Å². The minimum absolute atomic E-state index is 0.00857. The van der Waals surface area contributed by atoms with Gasteiger partial charge in [-0.05, 0) is 211 Å². The quantitative estimate of drug-likeness (QED) is 0.0131. The molecule has 0 saturated heterocycles. The normalized spacial score (nSPS) is 11.9. The third-order valence-corrected chi connectivity index (χ3v) is 19.3. The van der Waals surface area contributed by atoms with Gasteiger partial charge in [-0.3, -0.25) is 52.7 Å². The van der Waals surface area contributed by atoms with Gasteiger partial charge in [-0.1, -0.05) is 133 Å². The van der Waals surface area contributed by atoms with Gasteiger partial charge >= 0.3 is 0 Å². The average Bonchev–Trinajstić information content (AvgIpc) is 1.68. The number of rotatable bonds is 41. The number of allylic oxidation sites excluding steroid dienone is 4. The lowest BCUT2D eigenvalue weighted by atomic mass is 10.1. The van der Waals surface area contributed by atoms with Gasteiger partial charge in [-0.2, -0.15) is 5.26 Å². The molecule has 0 spiro atoms. The highest BCUT2D eigenvalue weighted by Crippen LogP contribution is 2.22. The minimum Gasteiger partial charge on any atom is -0.394 e. The lowest BCUT2D eigenvalue weighted by Crippen LogP contribution is -2.34. The van der Waals surface area contributed by atoms with Crippen molar-refractivity contribution in [3.05, 3.63) is 237 Å². The second kappa shape index (κ2) is 66.2. The van der Waals surface area contributed by atoms with Crippen LogP contribution < -0.4 is 31.9 Å². The first-order valence-electron chi connectivity index (χ1n) is 44.6. The van der Waals surface area contributed by atoms with Crippen LogP contribution in [0.15, 0.2) is 170 Å². The molecule has 11 amide bonds. The maximum Gasteiger partial charge on any atom is 0.251 e. The number of nitrogens with one attached hydrogen (secondary N) is 6. The summed E-state index contributed by atoms with van der Waals surface area (Å²) in [5.41, 5.74) is 8.85. The molecule has 8 rings (SSSR count). The lowest BCUT2D eigenvalue weighted by molar-refractivity contribution is -0.129. The van der Waals surface area contributed by atoms with Crippen molar-refractivity contribution in [3.63, 3.8) is 0 Å². The van der Waals surface area contributed by atoms with E-state index in [9.17, 15) is 61.5 Å². The fourth-order valence-electron chi connectivity index (χ4n) is 11.2. The van der Waals surface area contributed by atoms with Crippen molar-refractivity contribution >= 4 is 89.3 Å². The summed E-state index contributed by atoms with van der Waals surface area (Å²) in [4.78, 5) is 136. The van der Waals surface area contributed by atoms with E-state index in [2.05, 4.69) is 67.7 Å². The molecule has 6 aromatic rings. The molecule has 6 aromatic carbocycles. The lowest BCUT2D eigenvalue weighted by Gasteiger charge is -2.10. The Morgan fingerprint density at radius 3 is 0.924 bits per heavy atom. The number of aliphatic hydroxyl groups is 2. The largest absolute Gasteiger partial charge is 0.394 e. The second-order valence-corrected chi connectivity index (χ2v) is 32.3. The Kier molecular flexibility index (Phi) is 56.6. The number of nitriles is 1. The van der Waals surface area contributed by atoms with Crippen LogP contribution in [0, 0.1) is 35.0 Å². The van der Waals surface area contributed by atoms with Gasteiger partial charge in [0.2, 0.25) is 29.5 Å². The van der Waals surface area contributed by atoms with Crippen molar-refractivity contribution in [1.29, 1.82) is 5.26 Å². The Balaban J connectivity index is 0.000000405. The zero-order valence-electron chi connectivity index (χ0n) is 78.4. The third kappa shape index (κ3) is 52.2. The molecule has 131 heavy (non-hydrogen) atoms. The van der Waals surface area contributed by atoms with Crippen molar-refractivity contribution in [2.24, 2.45) is 0 Å². The molecule has 2 fully saturated rings. The van der Waals surface area contributed by atoms with Gasteiger partial charge in [0.1, 0.15) is 13.3 Å². The van der Waals surface area contributed by atoms with E-state index in [1.807, 2.05) is 121 Å². The minimum atomic E-state index is -0.586. The predicted molar refractivity (Wildman–Crippen MR) is 516 cm³/mol. The highest BCUT2D eigenvalue weighted by Gasteiger charge is 2.25. The van der Waals surface area contributed by atoms with Crippen molar-refractivity contribution < 1.29 is 71.7 Å². The molecule has 704 valence electrons. The molecular formula is C104H136F2N12O13. The molecule has 0 bridgehead atoms.